The molecule has 30 heavy (non-hydrogen) atoms. The lowest BCUT2D eigenvalue weighted by Crippen LogP contribution is -2.43. The summed E-state index contributed by atoms with van der Waals surface area (Å²) in [4.78, 5) is 39.4. The van der Waals surface area contributed by atoms with E-state index in [1.54, 1.807) is 36.4 Å². The Kier molecular flexibility index (Phi) is 5.25. The first kappa shape index (κ1) is 20.0. The second-order valence-corrected chi connectivity index (χ2v) is 7.85. The number of methoxy groups -OCH3 is 1. The van der Waals surface area contributed by atoms with Gasteiger partial charge in [0.05, 0.1) is 18.5 Å². The molecule has 0 spiro atoms. The lowest BCUT2D eigenvalue weighted by molar-refractivity contribution is -0.123. The van der Waals surface area contributed by atoms with Gasteiger partial charge in [0.15, 0.2) is 12.1 Å². The molecule has 2 aromatic rings. The van der Waals surface area contributed by atoms with Gasteiger partial charge in [-0.25, -0.2) is 4.90 Å². The summed E-state index contributed by atoms with van der Waals surface area (Å²) in [7, 11) is 1.51. The number of aryl methyl sites for hydroxylation is 1. The summed E-state index contributed by atoms with van der Waals surface area (Å²) in [5.74, 6) is -0.804. The molecule has 0 saturated carbocycles. The topological polar surface area (TPSA) is 104 Å². The average Bonchev–Trinajstić information content (AvgIpc) is 3.23. The summed E-state index contributed by atoms with van der Waals surface area (Å²) < 4.78 is 6.09. The SMILES string of the molecule is COc1ccc(C)cc1NC(=O)CN1N=N[C@H]2C(=O)N(c3ccc(Br)cc3)C(=O)[C@H]21. The van der Waals surface area contributed by atoms with Crippen molar-refractivity contribution in [3.8, 4) is 5.75 Å². The molecule has 10 heteroatoms. The fourth-order valence-electron chi connectivity index (χ4n) is 3.45. The number of carbonyl (C=O) groups is 3. The van der Waals surface area contributed by atoms with Gasteiger partial charge < -0.3 is 10.1 Å². The Morgan fingerprint density at radius 1 is 1.17 bits per heavy atom. The van der Waals surface area contributed by atoms with Gasteiger partial charge in [-0.05, 0) is 48.9 Å². The minimum Gasteiger partial charge on any atom is -0.495 e. The maximum Gasteiger partial charge on any atom is 0.263 e. The molecule has 2 aliphatic rings. The van der Waals surface area contributed by atoms with Gasteiger partial charge in [-0.3, -0.25) is 19.4 Å². The van der Waals surface area contributed by atoms with Gasteiger partial charge in [0.25, 0.3) is 11.8 Å². The zero-order chi connectivity index (χ0) is 21.4. The van der Waals surface area contributed by atoms with Crippen LogP contribution in [-0.2, 0) is 14.4 Å². The number of rotatable bonds is 5. The van der Waals surface area contributed by atoms with Gasteiger partial charge in [0, 0.05) is 4.47 Å². The number of benzene rings is 2. The van der Waals surface area contributed by atoms with E-state index < -0.39 is 29.8 Å². The number of ether oxygens (including phenoxy) is 1. The quantitative estimate of drug-likeness (QED) is 0.675. The van der Waals surface area contributed by atoms with Crippen LogP contribution in [0.2, 0.25) is 0 Å². The Morgan fingerprint density at radius 2 is 1.90 bits per heavy atom. The van der Waals surface area contributed by atoms with Crippen LogP contribution in [0.1, 0.15) is 5.56 Å². The lowest BCUT2D eigenvalue weighted by atomic mass is 10.1. The van der Waals surface area contributed by atoms with Crippen molar-refractivity contribution in [3.63, 3.8) is 0 Å². The summed E-state index contributed by atoms with van der Waals surface area (Å²) in [5.41, 5.74) is 1.92. The largest absolute Gasteiger partial charge is 0.495 e. The minimum atomic E-state index is -0.956. The Balaban J connectivity index is 1.49. The van der Waals surface area contributed by atoms with Crippen LogP contribution >= 0.6 is 15.9 Å². The van der Waals surface area contributed by atoms with Gasteiger partial charge in [-0.1, -0.05) is 27.2 Å². The first-order valence-electron chi connectivity index (χ1n) is 9.14. The third-order valence-corrected chi connectivity index (χ3v) is 5.41. The van der Waals surface area contributed by atoms with Crippen molar-refractivity contribution in [2.75, 3.05) is 23.9 Å². The second-order valence-electron chi connectivity index (χ2n) is 6.93. The summed E-state index contributed by atoms with van der Waals surface area (Å²) >= 11 is 3.33. The number of imide groups is 1. The van der Waals surface area contributed by atoms with E-state index in [2.05, 4.69) is 31.6 Å². The van der Waals surface area contributed by atoms with Crippen LogP contribution in [0.5, 0.6) is 5.75 Å². The number of amides is 3. The van der Waals surface area contributed by atoms with E-state index in [-0.39, 0.29) is 6.54 Å². The fraction of sp³-hybridized carbons (Fsp3) is 0.250. The van der Waals surface area contributed by atoms with Crippen LogP contribution in [0.3, 0.4) is 0 Å². The number of carbonyl (C=O) groups excluding carboxylic acids is 3. The number of nitrogens with one attached hydrogen (secondary N) is 1. The van der Waals surface area contributed by atoms with Crippen LogP contribution < -0.4 is 15.0 Å². The van der Waals surface area contributed by atoms with Crippen molar-refractivity contribution >= 4 is 45.0 Å². The highest BCUT2D eigenvalue weighted by Gasteiger charge is 2.55. The maximum absolute atomic E-state index is 13.0. The zero-order valence-corrected chi connectivity index (χ0v) is 17.8. The van der Waals surface area contributed by atoms with E-state index in [1.165, 1.54) is 12.1 Å². The van der Waals surface area contributed by atoms with Crippen LogP contribution in [0.15, 0.2) is 57.3 Å². The van der Waals surface area contributed by atoms with E-state index in [1.807, 2.05) is 13.0 Å². The van der Waals surface area contributed by atoms with Crippen LogP contribution in [0, 0.1) is 6.92 Å². The van der Waals surface area contributed by atoms with E-state index in [9.17, 15) is 14.4 Å². The van der Waals surface area contributed by atoms with Gasteiger partial charge in [0.1, 0.15) is 12.3 Å². The second kappa shape index (κ2) is 7.86. The van der Waals surface area contributed by atoms with Crippen LogP contribution in [-0.4, -0.2) is 48.5 Å². The van der Waals surface area contributed by atoms with Crippen LogP contribution in [0.4, 0.5) is 11.4 Å². The van der Waals surface area contributed by atoms with Crippen LogP contribution in [0.25, 0.3) is 0 Å². The lowest BCUT2D eigenvalue weighted by Gasteiger charge is -2.20. The normalized spacial score (nSPS) is 20.0. The average molecular weight is 472 g/mol. The molecule has 0 aromatic heterocycles. The van der Waals surface area contributed by atoms with Crippen molar-refractivity contribution in [1.29, 1.82) is 0 Å². The Labute approximate surface area is 180 Å². The van der Waals surface area contributed by atoms with Crippen molar-refractivity contribution in [2.45, 2.75) is 19.0 Å². The summed E-state index contributed by atoms with van der Waals surface area (Å²) in [6.45, 7) is 1.67. The standard InChI is InChI=1S/C20H18BrN5O4/c1-11-3-8-15(30-2)14(9-11)22-16(27)10-25-18-17(23-24-25)19(28)26(20(18)29)13-6-4-12(21)5-7-13/h3-9,17-18H,10H2,1-2H3,(H,22,27)/t17-,18+/m1/s1. The predicted molar refractivity (Wildman–Crippen MR) is 112 cm³/mol. The molecule has 0 unspecified atom stereocenters. The molecule has 0 aliphatic carbocycles. The molecule has 0 bridgehead atoms. The molecule has 2 heterocycles. The van der Waals surface area contributed by atoms with E-state index in [0.717, 1.165) is 14.9 Å². The smallest absolute Gasteiger partial charge is 0.263 e. The molecular formula is C20H18BrN5O4. The van der Waals surface area contributed by atoms with Gasteiger partial charge in [-0.15, -0.1) is 0 Å². The molecule has 9 nitrogen and oxygen atoms in total. The molecule has 1 fully saturated rings. The highest BCUT2D eigenvalue weighted by Crippen LogP contribution is 2.32. The third-order valence-electron chi connectivity index (χ3n) is 4.88. The first-order chi connectivity index (χ1) is 14.4. The number of nitrogens with zero attached hydrogens (tertiary/aromatic N) is 4. The molecule has 154 valence electrons. The molecule has 1 N–H and O–H groups in total. The third kappa shape index (κ3) is 3.54. The number of halogens is 1. The predicted octanol–water partition coefficient (Wildman–Crippen LogP) is 2.70. The molecule has 2 aromatic carbocycles. The number of hydrogen-bond donors (Lipinski definition) is 1. The molecule has 3 amide bonds. The summed E-state index contributed by atoms with van der Waals surface area (Å²) in [6.07, 6.45) is 0. The monoisotopic (exact) mass is 471 g/mol. The molecule has 1 saturated heterocycles. The summed E-state index contributed by atoms with van der Waals surface area (Å²) in [6, 6.07) is 10.3. The molecule has 2 aliphatic heterocycles. The highest BCUT2D eigenvalue weighted by molar-refractivity contribution is 9.10. The molecule has 4 rings (SSSR count). The maximum atomic E-state index is 13.0. The summed E-state index contributed by atoms with van der Waals surface area (Å²) in [5, 5.41) is 11.8. The first-order valence-corrected chi connectivity index (χ1v) is 9.93. The number of fused-ring (bicyclic) bond motifs is 1. The van der Waals surface area contributed by atoms with E-state index >= 15 is 0 Å². The van der Waals surface area contributed by atoms with Crippen molar-refractivity contribution in [3.05, 3.63) is 52.5 Å². The van der Waals surface area contributed by atoms with E-state index in [4.69, 9.17) is 4.74 Å². The van der Waals surface area contributed by atoms with Crippen molar-refractivity contribution in [2.24, 2.45) is 10.3 Å². The number of anilines is 2. The highest BCUT2D eigenvalue weighted by atomic mass is 79.9. The van der Waals surface area contributed by atoms with Gasteiger partial charge in [-0.2, -0.15) is 5.11 Å². The Morgan fingerprint density at radius 3 is 2.60 bits per heavy atom. The fourth-order valence-corrected chi connectivity index (χ4v) is 3.72. The van der Waals surface area contributed by atoms with Crippen molar-refractivity contribution in [1.82, 2.24) is 5.01 Å². The zero-order valence-electron chi connectivity index (χ0n) is 16.2. The van der Waals surface area contributed by atoms with Gasteiger partial charge in [0.2, 0.25) is 5.91 Å². The molecular weight excluding hydrogens is 454 g/mol. The van der Waals surface area contributed by atoms with Gasteiger partial charge >= 0.3 is 0 Å². The Bertz CT molecular complexity index is 1060. The number of hydrogen-bond acceptors (Lipinski definition) is 7. The Hall–Kier alpha value is -3.27. The molecule has 2 atom stereocenters. The molecule has 0 radical (unpaired) electrons. The van der Waals surface area contributed by atoms with Crippen molar-refractivity contribution < 1.29 is 19.1 Å². The minimum absolute atomic E-state index is 0.227. The van der Waals surface area contributed by atoms with E-state index in [0.29, 0.717) is 17.1 Å².